The number of benzene rings is 1. The zero-order valence-electron chi connectivity index (χ0n) is 10.7. The minimum atomic E-state index is -1.24. The van der Waals surface area contributed by atoms with Crippen molar-refractivity contribution >= 4 is 44.9 Å². The summed E-state index contributed by atoms with van der Waals surface area (Å²) in [5.41, 5.74) is -0.470. The molecule has 1 amide bonds. The molecule has 8 heteroatoms. The average Bonchev–Trinajstić information content (AvgIpc) is 2.37. The van der Waals surface area contributed by atoms with E-state index in [1.54, 1.807) is 0 Å². The van der Waals surface area contributed by atoms with E-state index in [-0.39, 0.29) is 0 Å². The topological polar surface area (TPSA) is 104 Å². The zero-order valence-corrected chi connectivity index (χ0v) is 12.3. The molecule has 1 aromatic heterocycles. The Bertz CT molecular complexity index is 801. The smallest absolute Gasteiger partial charge is 0.325 e. The number of halogens is 1. The fraction of sp³-hybridized carbons (Fsp3) is 0.154. The first-order valence-electron chi connectivity index (χ1n) is 5.80. The summed E-state index contributed by atoms with van der Waals surface area (Å²) in [6.07, 6.45) is 0. The molecule has 6 nitrogen and oxygen atoms in total. The lowest BCUT2D eigenvalue weighted by molar-refractivity contribution is -0.138. The molecule has 21 heavy (non-hydrogen) atoms. The number of nitrogens with one attached hydrogen (secondary N) is 1. The second-order valence-electron chi connectivity index (χ2n) is 4.29. The maximum atomic E-state index is 12.0. The Kier molecular flexibility index (Phi) is 4.15. The van der Waals surface area contributed by atoms with E-state index in [1.807, 2.05) is 0 Å². The van der Waals surface area contributed by atoms with Crippen LogP contribution in [0.15, 0.2) is 23.0 Å². The lowest BCUT2D eigenvalue weighted by Crippen LogP contribution is -2.39. The van der Waals surface area contributed by atoms with Gasteiger partial charge in [-0.3, -0.25) is 14.4 Å². The van der Waals surface area contributed by atoms with Gasteiger partial charge in [0.05, 0.1) is 0 Å². The molecular weight excluding hydrogens is 318 g/mol. The van der Waals surface area contributed by atoms with Gasteiger partial charge in [0.2, 0.25) is 4.74 Å². The summed E-state index contributed by atoms with van der Waals surface area (Å²) in [7, 11) is 0. The number of carbonyl (C=O) groups excluding carboxylic acids is 1. The monoisotopic (exact) mass is 327 g/mol. The number of carbonyl (C=O) groups is 2. The molecule has 0 aliphatic carbocycles. The molecule has 0 aliphatic heterocycles. The minimum Gasteiger partial charge on any atom is -0.506 e. The molecular formula is C13H10ClNO5S. The molecule has 3 N–H and O–H groups in total. The molecule has 0 spiro atoms. The normalized spacial score (nSPS) is 12.1. The van der Waals surface area contributed by atoms with Crippen LogP contribution in [-0.2, 0) is 4.79 Å². The Morgan fingerprint density at radius 2 is 2.05 bits per heavy atom. The summed E-state index contributed by atoms with van der Waals surface area (Å²) in [5.74, 6) is -2.66. The van der Waals surface area contributed by atoms with E-state index in [2.05, 4.69) is 5.32 Å². The molecule has 0 aliphatic rings. The zero-order chi connectivity index (χ0) is 15.7. The third-order valence-corrected chi connectivity index (χ3v) is 3.97. The number of amides is 1. The summed E-state index contributed by atoms with van der Waals surface area (Å²) in [6, 6.07) is 3.33. The molecule has 1 aromatic carbocycles. The van der Waals surface area contributed by atoms with Crippen LogP contribution in [0.1, 0.15) is 17.3 Å². The molecule has 2 rings (SSSR count). The number of carboxylic acid groups (broad SMARTS) is 1. The number of fused-ring (bicyclic) bond motifs is 1. The largest absolute Gasteiger partial charge is 0.506 e. The van der Waals surface area contributed by atoms with Crippen LogP contribution >= 0.6 is 22.9 Å². The fourth-order valence-corrected chi connectivity index (χ4v) is 2.88. The highest BCUT2D eigenvalue weighted by atomic mass is 35.5. The van der Waals surface area contributed by atoms with Crippen molar-refractivity contribution < 1.29 is 19.8 Å². The van der Waals surface area contributed by atoms with Crippen LogP contribution in [0.4, 0.5) is 0 Å². The summed E-state index contributed by atoms with van der Waals surface area (Å²) in [4.78, 5) is 34.6. The van der Waals surface area contributed by atoms with Crippen molar-refractivity contribution in [1.82, 2.24) is 5.32 Å². The fourth-order valence-electron chi connectivity index (χ4n) is 1.69. The number of aromatic hydroxyl groups is 1. The summed E-state index contributed by atoms with van der Waals surface area (Å²) in [6.45, 7) is 1.26. The van der Waals surface area contributed by atoms with Gasteiger partial charge in [-0.2, -0.15) is 0 Å². The van der Waals surface area contributed by atoms with Crippen LogP contribution in [0.3, 0.4) is 0 Å². The molecule has 1 atom stereocenters. The average molecular weight is 328 g/mol. The standard InChI is InChI=1S/C13H10ClNO5S/c1-5(12(18)19)15-11(17)9-10(16)7-3-2-6(14)4-8(7)21-13(9)20/h2-5,16H,1H3,(H,15,17)(H,18,19). The van der Waals surface area contributed by atoms with E-state index < -0.39 is 34.0 Å². The first kappa shape index (κ1) is 15.3. The van der Waals surface area contributed by atoms with E-state index in [0.29, 0.717) is 15.1 Å². The third kappa shape index (κ3) is 2.98. The molecule has 1 unspecified atom stereocenters. The van der Waals surface area contributed by atoms with E-state index in [9.17, 15) is 19.5 Å². The highest BCUT2D eigenvalue weighted by molar-refractivity contribution is 7.16. The molecule has 0 saturated heterocycles. The Hall–Kier alpha value is -2.12. The predicted molar refractivity (Wildman–Crippen MR) is 79.3 cm³/mol. The van der Waals surface area contributed by atoms with Crippen molar-refractivity contribution in [2.45, 2.75) is 13.0 Å². The number of hydrogen-bond donors (Lipinski definition) is 3. The minimum absolute atomic E-state index is 0.303. The van der Waals surface area contributed by atoms with Crippen molar-refractivity contribution in [2.24, 2.45) is 0 Å². The van der Waals surface area contributed by atoms with Gasteiger partial charge in [0.15, 0.2) is 0 Å². The van der Waals surface area contributed by atoms with E-state index >= 15 is 0 Å². The summed E-state index contributed by atoms with van der Waals surface area (Å²) >= 11 is 6.56. The summed E-state index contributed by atoms with van der Waals surface area (Å²) in [5, 5.41) is 21.7. The van der Waals surface area contributed by atoms with Crippen molar-refractivity contribution in [3.8, 4) is 5.75 Å². The van der Waals surface area contributed by atoms with Gasteiger partial charge < -0.3 is 15.5 Å². The Morgan fingerprint density at radius 3 is 2.67 bits per heavy atom. The molecule has 2 aromatic rings. The lowest BCUT2D eigenvalue weighted by atomic mass is 10.1. The van der Waals surface area contributed by atoms with Gasteiger partial charge in [0, 0.05) is 15.1 Å². The molecule has 110 valence electrons. The van der Waals surface area contributed by atoms with Crippen LogP contribution in [0.5, 0.6) is 5.75 Å². The van der Waals surface area contributed by atoms with Crippen LogP contribution in [0, 0.1) is 0 Å². The molecule has 0 saturated carbocycles. The van der Waals surface area contributed by atoms with E-state index in [1.165, 1.54) is 25.1 Å². The van der Waals surface area contributed by atoms with Gasteiger partial charge in [0.25, 0.3) is 5.91 Å². The van der Waals surface area contributed by atoms with Crippen LogP contribution in [0.25, 0.3) is 10.1 Å². The Balaban J connectivity index is 2.54. The Morgan fingerprint density at radius 1 is 1.38 bits per heavy atom. The highest BCUT2D eigenvalue weighted by Crippen LogP contribution is 2.30. The second kappa shape index (κ2) is 5.71. The van der Waals surface area contributed by atoms with E-state index in [4.69, 9.17) is 16.7 Å². The molecule has 0 bridgehead atoms. The third-order valence-electron chi connectivity index (χ3n) is 2.79. The maximum Gasteiger partial charge on any atom is 0.325 e. The Labute approximate surface area is 127 Å². The first-order valence-corrected chi connectivity index (χ1v) is 6.99. The maximum absolute atomic E-state index is 12.0. The van der Waals surface area contributed by atoms with Crippen LogP contribution in [-0.4, -0.2) is 28.1 Å². The SMILES string of the molecule is CC(NC(=O)c1c(O)c2ccc(Cl)cc2sc1=O)C(=O)O. The lowest BCUT2D eigenvalue weighted by Gasteiger charge is -2.10. The van der Waals surface area contributed by atoms with Crippen molar-refractivity contribution in [2.75, 3.05) is 0 Å². The molecule has 1 heterocycles. The second-order valence-corrected chi connectivity index (χ2v) is 5.74. The van der Waals surface area contributed by atoms with Crippen LogP contribution in [0.2, 0.25) is 5.02 Å². The quantitative estimate of drug-likeness (QED) is 0.797. The van der Waals surface area contributed by atoms with E-state index in [0.717, 1.165) is 11.3 Å². The van der Waals surface area contributed by atoms with Gasteiger partial charge in [-0.15, -0.1) is 0 Å². The molecule has 0 fully saturated rings. The molecule has 0 radical (unpaired) electrons. The predicted octanol–water partition coefficient (Wildman–Crippen LogP) is 1.82. The van der Waals surface area contributed by atoms with Gasteiger partial charge in [0.1, 0.15) is 17.4 Å². The number of carboxylic acids is 1. The summed E-state index contributed by atoms with van der Waals surface area (Å²) < 4.78 is -0.231. The van der Waals surface area contributed by atoms with Gasteiger partial charge in [-0.25, -0.2) is 0 Å². The van der Waals surface area contributed by atoms with Gasteiger partial charge >= 0.3 is 5.97 Å². The van der Waals surface area contributed by atoms with Crippen LogP contribution < -0.4 is 10.1 Å². The van der Waals surface area contributed by atoms with Gasteiger partial charge in [-0.05, 0) is 25.1 Å². The number of hydrogen-bond acceptors (Lipinski definition) is 5. The van der Waals surface area contributed by atoms with Gasteiger partial charge in [-0.1, -0.05) is 22.9 Å². The number of aliphatic carboxylic acids is 1. The van der Waals surface area contributed by atoms with Crippen molar-refractivity contribution in [1.29, 1.82) is 0 Å². The first-order chi connectivity index (χ1) is 9.81. The number of rotatable bonds is 3. The van der Waals surface area contributed by atoms with Crippen molar-refractivity contribution in [3.05, 3.63) is 38.3 Å². The highest BCUT2D eigenvalue weighted by Gasteiger charge is 2.22. The van der Waals surface area contributed by atoms with Crippen molar-refractivity contribution in [3.63, 3.8) is 0 Å².